The van der Waals surface area contributed by atoms with Crippen LogP contribution in [-0.2, 0) is 4.74 Å². The van der Waals surface area contributed by atoms with E-state index < -0.39 is 24.2 Å². The highest BCUT2D eigenvalue weighted by Crippen LogP contribution is 2.19. The predicted molar refractivity (Wildman–Crippen MR) is 33.1 cm³/mol. The predicted octanol–water partition coefficient (Wildman–Crippen LogP) is -3.30. The Bertz CT molecular complexity index is 150. The minimum atomic E-state index is -2.20. The molecule has 1 heterocycles. The Morgan fingerprint density at radius 3 is 2.36 bits per heavy atom. The minimum absolute atomic E-state index is 0.300. The summed E-state index contributed by atoms with van der Waals surface area (Å²) in [6.07, 6.45) is -4.62. The van der Waals surface area contributed by atoms with Crippen molar-refractivity contribution in [1.82, 2.24) is 0 Å². The topological polar surface area (TPSA) is 116 Å². The lowest BCUT2D eigenvalue weighted by molar-refractivity contribution is -0.290. The van der Waals surface area contributed by atoms with Crippen LogP contribution in [0.2, 0.25) is 0 Å². The van der Waals surface area contributed by atoms with Gasteiger partial charge >= 0.3 is 0 Å². The number of aliphatic hydroxyl groups is 4. The van der Waals surface area contributed by atoms with Crippen molar-refractivity contribution in [2.45, 2.75) is 24.2 Å². The first-order valence-electron chi connectivity index (χ1n) is 3.13. The number of hydrogen-bond donors (Lipinski definition) is 5. The van der Waals surface area contributed by atoms with Crippen molar-refractivity contribution in [3.63, 3.8) is 0 Å². The Balaban J connectivity index is 2.72. The molecule has 0 aromatic heterocycles. The molecule has 1 aliphatic heterocycles. The second kappa shape index (κ2) is 2.67. The fourth-order valence-electron chi connectivity index (χ4n) is 0.840. The lowest BCUT2D eigenvalue weighted by atomic mass is 9.98. The first-order chi connectivity index (χ1) is 4.96. The van der Waals surface area contributed by atoms with Gasteiger partial charge in [-0.15, -0.1) is 0 Å². The molecule has 0 aromatic carbocycles. The highest BCUT2D eigenvalue weighted by molar-refractivity contribution is 4.92. The molecule has 0 spiro atoms. The molecule has 0 radical (unpaired) electrons. The molecule has 0 saturated carbocycles. The first kappa shape index (κ1) is 8.85. The van der Waals surface area contributed by atoms with Crippen LogP contribution >= 0.6 is 0 Å². The van der Waals surface area contributed by atoms with Crippen LogP contribution in [0.5, 0.6) is 0 Å². The highest BCUT2D eigenvalue weighted by Gasteiger charge is 2.47. The van der Waals surface area contributed by atoms with Crippen LogP contribution in [0.1, 0.15) is 0 Å². The van der Waals surface area contributed by atoms with E-state index in [2.05, 4.69) is 4.74 Å². The Morgan fingerprint density at radius 2 is 1.91 bits per heavy atom. The van der Waals surface area contributed by atoms with Gasteiger partial charge in [0.15, 0.2) is 12.0 Å². The van der Waals surface area contributed by atoms with Crippen molar-refractivity contribution in [2.24, 2.45) is 5.73 Å². The first-order valence-corrected chi connectivity index (χ1v) is 3.13. The summed E-state index contributed by atoms with van der Waals surface area (Å²) in [5.41, 5.74) is 2.87. The molecule has 4 atom stereocenters. The van der Waals surface area contributed by atoms with E-state index in [-0.39, 0.29) is 6.61 Å². The summed E-state index contributed by atoms with van der Waals surface area (Å²) in [5.74, 6) is 0. The zero-order chi connectivity index (χ0) is 8.65. The Morgan fingerprint density at radius 1 is 1.36 bits per heavy atom. The zero-order valence-corrected chi connectivity index (χ0v) is 5.71. The van der Waals surface area contributed by atoms with Gasteiger partial charge in [-0.25, -0.2) is 0 Å². The lowest BCUT2D eigenvalue weighted by Gasteiger charge is -2.39. The number of hydrogen-bond acceptors (Lipinski definition) is 6. The average Bonchev–Trinajstić information content (AvgIpc) is 1.95. The lowest BCUT2D eigenvalue weighted by Crippen LogP contribution is -2.68. The second-order valence-corrected chi connectivity index (χ2v) is 2.57. The molecule has 0 aromatic rings. The van der Waals surface area contributed by atoms with Gasteiger partial charge in [0.05, 0.1) is 6.61 Å². The molecule has 11 heavy (non-hydrogen) atoms. The molecular formula is C5H11NO5. The fraction of sp³-hybridized carbons (Fsp3) is 1.00. The molecule has 1 saturated heterocycles. The number of ether oxygens (including phenoxy) is 1. The van der Waals surface area contributed by atoms with Gasteiger partial charge in [-0.2, -0.15) is 0 Å². The van der Waals surface area contributed by atoms with Crippen molar-refractivity contribution < 1.29 is 25.2 Å². The average molecular weight is 165 g/mol. The van der Waals surface area contributed by atoms with Crippen molar-refractivity contribution >= 4 is 0 Å². The van der Waals surface area contributed by atoms with E-state index in [9.17, 15) is 0 Å². The summed E-state index contributed by atoms with van der Waals surface area (Å²) in [4.78, 5) is 0. The molecule has 1 unspecified atom stereocenters. The van der Waals surface area contributed by atoms with E-state index in [0.29, 0.717) is 0 Å². The van der Waals surface area contributed by atoms with E-state index in [0.717, 1.165) is 0 Å². The van der Waals surface area contributed by atoms with Gasteiger partial charge < -0.3 is 25.2 Å². The number of aliphatic hydroxyl groups excluding tert-OH is 3. The van der Waals surface area contributed by atoms with Gasteiger partial charge in [0.25, 0.3) is 0 Å². The molecular weight excluding hydrogens is 154 g/mol. The van der Waals surface area contributed by atoms with E-state index in [1.54, 1.807) is 0 Å². The van der Waals surface area contributed by atoms with Gasteiger partial charge in [-0.1, -0.05) is 0 Å². The van der Waals surface area contributed by atoms with Crippen LogP contribution in [0.4, 0.5) is 0 Å². The van der Waals surface area contributed by atoms with Gasteiger partial charge in [0.2, 0.25) is 0 Å². The quantitative estimate of drug-likeness (QED) is 0.240. The smallest absolute Gasteiger partial charge is 0.185 e. The van der Waals surface area contributed by atoms with Crippen LogP contribution in [-0.4, -0.2) is 51.3 Å². The SMILES string of the molecule is N[C@]1(O)[C@H](O)COC(O)[C@@H]1O. The molecule has 1 aliphatic rings. The third-order valence-electron chi connectivity index (χ3n) is 1.70. The molecule has 0 bridgehead atoms. The maximum Gasteiger partial charge on any atom is 0.185 e. The largest absolute Gasteiger partial charge is 0.386 e. The Labute approximate surface area is 62.8 Å². The van der Waals surface area contributed by atoms with Crippen molar-refractivity contribution in [2.75, 3.05) is 6.61 Å². The maximum atomic E-state index is 9.12. The zero-order valence-electron chi connectivity index (χ0n) is 5.71. The van der Waals surface area contributed by atoms with Gasteiger partial charge in [0, 0.05) is 0 Å². The van der Waals surface area contributed by atoms with E-state index in [4.69, 9.17) is 26.2 Å². The van der Waals surface area contributed by atoms with Gasteiger partial charge in [0.1, 0.15) is 12.2 Å². The standard InChI is InChI=1S/C5H11NO5/c6-5(10)2(7)1-11-4(9)3(5)8/h2-4,7-10H,1,6H2/t2-,3+,4?,5+/m1/s1. The Kier molecular flexibility index (Phi) is 2.15. The fourth-order valence-corrected chi connectivity index (χ4v) is 0.840. The van der Waals surface area contributed by atoms with E-state index in [1.165, 1.54) is 0 Å². The summed E-state index contributed by atoms with van der Waals surface area (Å²) >= 11 is 0. The van der Waals surface area contributed by atoms with Crippen LogP contribution < -0.4 is 5.73 Å². The third-order valence-corrected chi connectivity index (χ3v) is 1.70. The summed E-state index contributed by atoms with van der Waals surface area (Å²) in [6, 6.07) is 0. The van der Waals surface area contributed by atoms with Crippen molar-refractivity contribution in [3.8, 4) is 0 Å². The summed E-state index contributed by atoms with van der Waals surface area (Å²) < 4.78 is 4.45. The van der Waals surface area contributed by atoms with Crippen LogP contribution in [0.3, 0.4) is 0 Å². The van der Waals surface area contributed by atoms with Gasteiger partial charge in [-0.05, 0) is 0 Å². The summed E-state index contributed by atoms with van der Waals surface area (Å²) in [5, 5.41) is 35.8. The van der Waals surface area contributed by atoms with Crippen LogP contribution in [0.15, 0.2) is 0 Å². The molecule has 0 aliphatic carbocycles. The molecule has 66 valence electrons. The second-order valence-electron chi connectivity index (χ2n) is 2.57. The normalized spacial score (nSPS) is 52.6. The molecule has 6 nitrogen and oxygen atoms in total. The van der Waals surface area contributed by atoms with E-state index in [1.807, 2.05) is 0 Å². The summed E-state index contributed by atoms with van der Waals surface area (Å²) in [7, 11) is 0. The van der Waals surface area contributed by atoms with Crippen LogP contribution in [0, 0.1) is 0 Å². The maximum absolute atomic E-state index is 9.12. The minimum Gasteiger partial charge on any atom is -0.386 e. The molecule has 0 amide bonds. The van der Waals surface area contributed by atoms with Crippen molar-refractivity contribution in [3.05, 3.63) is 0 Å². The summed E-state index contributed by atoms with van der Waals surface area (Å²) in [6.45, 7) is -0.300. The molecule has 1 rings (SSSR count). The number of rotatable bonds is 0. The molecule has 6 heteroatoms. The van der Waals surface area contributed by atoms with E-state index >= 15 is 0 Å². The number of nitrogens with two attached hydrogens (primary N) is 1. The molecule has 1 fully saturated rings. The van der Waals surface area contributed by atoms with Crippen LogP contribution in [0.25, 0.3) is 0 Å². The van der Waals surface area contributed by atoms with Gasteiger partial charge in [-0.3, -0.25) is 5.73 Å². The monoisotopic (exact) mass is 165 g/mol. The highest BCUT2D eigenvalue weighted by atomic mass is 16.6. The van der Waals surface area contributed by atoms with Crippen molar-refractivity contribution in [1.29, 1.82) is 0 Å². The molecule has 6 N–H and O–H groups in total. The Hall–Kier alpha value is -0.240. The third kappa shape index (κ3) is 1.36.